The van der Waals surface area contributed by atoms with Gasteiger partial charge in [-0.25, -0.2) is 0 Å². The van der Waals surface area contributed by atoms with E-state index in [0.29, 0.717) is 0 Å². The molecular weight excluding hydrogens is 269 g/mol. The van der Waals surface area contributed by atoms with Gasteiger partial charge in [0, 0.05) is 11.1 Å². The smallest absolute Gasteiger partial charge is 0.139 e. The van der Waals surface area contributed by atoms with Crippen molar-refractivity contribution in [3.8, 4) is 11.5 Å². The van der Waals surface area contributed by atoms with Crippen LogP contribution < -0.4 is 15.9 Å². The molecule has 3 aromatic carbocycles. The zero-order valence-corrected chi connectivity index (χ0v) is 12.4. The largest absolute Gasteiger partial charge is 0.457 e. The lowest BCUT2D eigenvalue weighted by Gasteiger charge is -2.37. The molecule has 0 aliphatic carbocycles. The summed E-state index contributed by atoms with van der Waals surface area (Å²) in [6, 6.07) is 24.4. The van der Waals surface area contributed by atoms with E-state index >= 15 is 0 Å². The number of ether oxygens (including phenoxy) is 1. The predicted molar refractivity (Wildman–Crippen MR) is 91.6 cm³/mol. The highest BCUT2D eigenvalue weighted by Gasteiger charge is 2.40. The highest BCUT2D eigenvalue weighted by Crippen LogP contribution is 2.47. The third-order valence-electron chi connectivity index (χ3n) is 4.32. The standard InChI is InChI=1S/C19H16BNO/c20-14-10-11-16-18(12-14)22-17-9-5-4-8-15(17)19(16,21)13-6-2-1-3-7-13/h1-12H,20-21H2. The topological polar surface area (TPSA) is 35.2 Å². The molecule has 0 aromatic heterocycles. The molecule has 0 fully saturated rings. The van der Waals surface area contributed by atoms with Crippen molar-refractivity contribution < 1.29 is 4.74 Å². The van der Waals surface area contributed by atoms with Crippen LogP contribution in [0, 0.1) is 0 Å². The molecule has 1 aliphatic rings. The minimum Gasteiger partial charge on any atom is -0.457 e. The van der Waals surface area contributed by atoms with Gasteiger partial charge in [-0.1, -0.05) is 66.1 Å². The highest BCUT2D eigenvalue weighted by atomic mass is 16.5. The molecule has 106 valence electrons. The fraction of sp³-hybridized carbons (Fsp3) is 0.0526. The van der Waals surface area contributed by atoms with Crippen LogP contribution in [0.1, 0.15) is 16.7 Å². The molecule has 1 atom stereocenters. The van der Waals surface area contributed by atoms with E-state index in [9.17, 15) is 0 Å². The summed E-state index contributed by atoms with van der Waals surface area (Å²) in [5.41, 5.74) is 10.5. The molecule has 4 rings (SSSR count). The van der Waals surface area contributed by atoms with Gasteiger partial charge in [0.1, 0.15) is 19.3 Å². The van der Waals surface area contributed by atoms with Gasteiger partial charge in [0.2, 0.25) is 0 Å². The average Bonchev–Trinajstić information content (AvgIpc) is 2.55. The Kier molecular flexibility index (Phi) is 2.84. The first-order valence-electron chi connectivity index (χ1n) is 7.42. The van der Waals surface area contributed by atoms with E-state index in [4.69, 9.17) is 10.5 Å². The zero-order chi connectivity index (χ0) is 15.2. The molecular formula is C19H16BNO. The third-order valence-corrected chi connectivity index (χ3v) is 4.32. The lowest BCUT2D eigenvalue weighted by Crippen LogP contribution is -2.41. The highest BCUT2D eigenvalue weighted by molar-refractivity contribution is 6.32. The SMILES string of the molecule is Bc1ccc2c(c1)Oc1ccccc1C2(N)c1ccccc1. The Bertz CT molecular complexity index is 847. The number of nitrogens with two attached hydrogens (primary N) is 1. The van der Waals surface area contributed by atoms with Gasteiger partial charge in [0.05, 0.1) is 5.54 Å². The molecule has 1 aliphatic heterocycles. The summed E-state index contributed by atoms with van der Waals surface area (Å²) in [5.74, 6) is 1.66. The Balaban J connectivity index is 2.06. The van der Waals surface area contributed by atoms with Crippen LogP contribution >= 0.6 is 0 Å². The van der Waals surface area contributed by atoms with Crippen molar-refractivity contribution in [2.24, 2.45) is 5.73 Å². The molecule has 0 bridgehead atoms. The van der Waals surface area contributed by atoms with Crippen molar-refractivity contribution in [1.82, 2.24) is 0 Å². The fourth-order valence-corrected chi connectivity index (χ4v) is 3.20. The Hall–Kier alpha value is -2.52. The predicted octanol–water partition coefficient (Wildman–Crippen LogP) is 2.30. The van der Waals surface area contributed by atoms with Gasteiger partial charge in [-0.15, -0.1) is 0 Å². The summed E-state index contributed by atoms with van der Waals surface area (Å²) < 4.78 is 6.10. The Morgan fingerprint density at radius 3 is 2.27 bits per heavy atom. The maximum absolute atomic E-state index is 6.97. The minimum absolute atomic E-state index is 0.695. The van der Waals surface area contributed by atoms with E-state index in [-0.39, 0.29) is 0 Å². The second-order valence-corrected chi connectivity index (χ2v) is 5.77. The first-order valence-corrected chi connectivity index (χ1v) is 7.42. The van der Waals surface area contributed by atoms with E-state index in [1.165, 1.54) is 0 Å². The van der Waals surface area contributed by atoms with Crippen LogP contribution in [0.4, 0.5) is 0 Å². The van der Waals surface area contributed by atoms with E-state index in [0.717, 1.165) is 33.7 Å². The van der Waals surface area contributed by atoms with Crippen molar-refractivity contribution in [3.05, 3.63) is 89.5 Å². The fourth-order valence-electron chi connectivity index (χ4n) is 3.20. The first kappa shape index (κ1) is 13.2. The monoisotopic (exact) mass is 285 g/mol. The van der Waals surface area contributed by atoms with Crippen LogP contribution in [0.15, 0.2) is 72.8 Å². The second kappa shape index (κ2) is 4.75. The molecule has 3 aromatic rings. The Morgan fingerprint density at radius 1 is 0.773 bits per heavy atom. The van der Waals surface area contributed by atoms with Crippen LogP contribution in [0.2, 0.25) is 0 Å². The summed E-state index contributed by atoms with van der Waals surface area (Å²) in [4.78, 5) is 0. The van der Waals surface area contributed by atoms with Crippen LogP contribution in [-0.4, -0.2) is 7.85 Å². The lowest BCUT2D eigenvalue weighted by molar-refractivity contribution is 0.421. The quantitative estimate of drug-likeness (QED) is 0.696. The summed E-state index contributed by atoms with van der Waals surface area (Å²) in [6.45, 7) is 0. The molecule has 3 heteroatoms. The van der Waals surface area contributed by atoms with E-state index in [1.54, 1.807) is 0 Å². The lowest BCUT2D eigenvalue weighted by atomic mass is 9.75. The van der Waals surface area contributed by atoms with E-state index < -0.39 is 5.54 Å². The Morgan fingerprint density at radius 2 is 1.45 bits per heavy atom. The van der Waals surface area contributed by atoms with Gasteiger partial charge >= 0.3 is 0 Å². The number of benzene rings is 3. The third kappa shape index (κ3) is 1.79. The molecule has 0 spiro atoms. The number of rotatable bonds is 1. The van der Waals surface area contributed by atoms with Crippen molar-refractivity contribution in [1.29, 1.82) is 0 Å². The number of hydrogen-bond acceptors (Lipinski definition) is 2. The van der Waals surface area contributed by atoms with Crippen molar-refractivity contribution >= 4 is 13.3 Å². The van der Waals surface area contributed by atoms with E-state index in [2.05, 4.69) is 38.2 Å². The van der Waals surface area contributed by atoms with Gasteiger partial charge in [-0.3, -0.25) is 0 Å². The molecule has 1 unspecified atom stereocenters. The van der Waals surface area contributed by atoms with Crippen LogP contribution in [0.25, 0.3) is 0 Å². The summed E-state index contributed by atoms with van der Waals surface area (Å²) in [5, 5.41) is 0. The zero-order valence-electron chi connectivity index (χ0n) is 12.4. The summed E-state index contributed by atoms with van der Waals surface area (Å²) >= 11 is 0. The van der Waals surface area contributed by atoms with Crippen molar-refractivity contribution in [3.63, 3.8) is 0 Å². The van der Waals surface area contributed by atoms with Gasteiger partial charge in [-0.2, -0.15) is 0 Å². The molecule has 0 amide bonds. The van der Waals surface area contributed by atoms with E-state index in [1.807, 2.05) is 42.5 Å². The minimum atomic E-state index is -0.695. The average molecular weight is 285 g/mol. The molecule has 0 radical (unpaired) electrons. The molecule has 2 N–H and O–H groups in total. The number of fused-ring (bicyclic) bond motifs is 2. The maximum atomic E-state index is 6.97. The Labute approximate surface area is 131 Å². The van der Waals surface area contributed by atoms with Gasteiger partial charge < -0.3 is 10.5 Å². The second-order valence-electron chi connectivity index (χ2n) is 5.77. The molecule has 0 saturated carbocycles. The maximum Gasteiger partial charge on any atom is 0.139 e. The molecule has 22 heavy (non-hydrogen) atoms. The van der Waals surface area contributed by atoms with Crippen molar-refractivity contribution in [2.75, 3.05) is 0 Å². The van der Waals surface area contributed by atoms with Gasteiger partial charge in [-0.05, 0) is 17.7 Å². The molecule has 2 nitrogen and oxygen atoms in total. The number of para-hydroxylation sites is 1. The number of hydrogen-bond donors (Lipinski definition) is 1. The first-order chi connectivity index (χ1) is 10.7. The van der Waals surface area contributed by atoms with Crippen LogP contribution in [-0.2, 0) is 5.54 Å². The van der Waals surface area contributed by atoms with Crippen LogP contribution in [0.5, 0.6) is 11.5 Å². The van der Waals surface area contributed by atoms with Crippen molar-refractivity contribution in [2.45, 2.75) is 5.54 Å². The molecule has 0 saturated heterocycles. The summed E-state index contributed by atoms with van der Waals surface area (Å²) in [7, 11) is 2.06. The normalized spacial score (nSPS) is 19.0. The summed E-state index contributed by atoms with van der Waals surface area (Å²) in [6.07, 6.45) is 0. The van der Waals surface area contributed by atoms with Crippen LogP contribution in [0.3, 0.4) is 0 Å². The van der Waals surface area contributed by atoms with Gasteiger partial charge in [0.15, 0.2) is 0 Å². The van der Waals surface area contributed by atoms with Gasteiger partial charge in [0.25, 0.3) is 0 Å². The molecule has 1 heterocycles.